The van der Waals surface area contributed by atoms with Gasteiger partial charge in [0.25, 0.3) is 0 Å². The highest BCUT2D eigenvalue weighted by molar-refractivity contribution is 5.09. The average molecular weight is 325 g/mol. The molecule has 1 saturated carbocycles. The van der Waals surface area contributed by atoms with Gasteiger partial charge in [0.2, 0.25) is 0 Å². The van der Waals surface area contributed by atoms with Crippen LogP contribution < -0.4 is 0 Å². The van der Waals surface area contributed by atoms with E-state index >= 15 is 0 Å². The zero-order valence-corrected chi connectivity index (χ0v) is 13.8. The van der Waals surface area contributed by atoms with E-state index in [0.717, 1.165) is 43.8 Å². The van der Waals surface area contributed by atoms with E-state index in [2.05, 4.69) is 20.9 Å². The van der Waals surface area contributed by atoms with Gasteiger partial charge in [-0.1, -0.05) is 6.07 Å². The Kier molecular flexibility index (Phi) is 4.83. The van der Waals surface area contributed by atoms with Crippen molar-refractivity contribution in [3.05, 3.63) is 60.2 Å². The Labute approximate surface area is 142 Å². The maximum atomic E-state index is 6.29. The first-order valence-electron chi connectivity index (χ1n) is 8.66. The Balaban J connectivity index is 1.45. The number of pyridine rings is 2. The molecule has 2 fully saturated rings. The fourth-order valence-electron chi connectivity index (χ4n) is 3.75. The lowest BCUT2D eigenvalue weighted by atomic mass is 10.1. The van der Waals surface area contributed by atoms with E-state index < -0.39 is 0 Å². The van der Waals surface area contributed by atoms with Gasteiger partial charge in [0.05, 0.1) is 31.1 Å². The van der Waals surface area contributed by atoms with Crippen LogP contribution in [0.3, 0.4) is 0 Å². The minimum Gasteiger partial charge on any atom is -0.374 e. The summed E-state index contributed by atoms with van der Waals surface area (Å²) in [5, 5.41) is 0. The number of hydrogen-bond donors (Lipinski definition) is 0. The fraction of sp³-hybridized carbons (Fsp3) is 0.474. The summed E-state index contributed by atoms with van der Waals surface area (Å²) in [7, 11) is 0. The quantitative estimate of drug-likeness (QED) is 0.845. The van der Waals surface area contributed by atoms with E-state index in [1.165, 1.54) is 0 Å². The Hall–Kier alpha value is -1.82. The van der Waals surface area contributed by atoms with E-state index in [4.69, 9.17) is 9.47 Å². The summed E-state index contributed by atoms with van der Waals surface area (Å²) < 4.78 is 12.4. The molecule has 3 heterocycles. The Bertz CT molecular complexity index is 638. The molecule has 1 aliphatic carbocycles. The standard InChI is InChI=1S/C19H23N3O2/c1-2-8-21-16(3-1)13-22-11-12-23-18-5-4-17(22)19(18)24-14-15-6-9-20-10-7-15/h1-3,6-10,17-19H,4-5,11-14H2/t17-,18-,19-/m0/s1. The molecular weight excluding hydrogens is 302 g/mol. The van der Waals surface area contributed by atoms with Gasteiger partial charge in [-0.2, -0.15) is 0 Å². The number of aromatic nitrogens is 2. The zero-order chi connectivity index (χ0) is 16.2. The highest BCUT2D eigenvalue weighted by Crippen LogP contribution is 2.33. The second kappa shape index (κ2) is 7.38. The van der Waals surface area contributed by atoms with Gasteiger partial charge in [0.15, 0.2) is 0 Å². The molecule has 1 aliphatic heterocycles. The summed E-state index contributed by atoms with van der Waals surface area (Å²) in [5.74, 6) is 0. The number of nitrogens with zero attached hydrogens (tertiary/aromatic N) is 3. The minimum absolute atomic E-state index is 0.129. The van der Waals surface area contributed by atoms with Crippen molar-refractivity contribution in [2.45, 2.75) is 44.2 Å². The first-order valence-corrected chi connectivity index (χ1v) is 8.66. The van der Waals surface area contributed by atoms with Crippen LogP contribution in [0.1, 0.15) is 24.1 Å². The van der Waals surface area contributed by atoms with Crippen molar-refractivity contribution >= 4 is 0 Å². The van der Waals surface area contributed by atoms with Crippen LogP contribution in [-0.2, 0) is 22.6 Å². The van der Waals surface area contributed by atoms with Gasteiger partial charge in [-0.3, -0.25) is 14.9 Å². The molecule has 1 saturated heterocycles. The molecule has 126 valence electrons. The molecule has 0 amide bonds. The van der Waals surface area contributed by atoms with Crippen LogP contribution in [0.4, 0.5) is 0 Å². The van der Waals surface area contributed by atoms with Crippen molar-refractivity contribution in [3.63, 3.8) is 0 Å². The smallest absolute Gasteiger partial charge is 0.0995 e. The molecule has 2 aliphatic rings. The topological polar surface area (TPSA) is 47.5 Å². The summed E-state index contributed by atoms with van der Waals surface area (Å²) >= 11 is 0. The van der Waals surface area contributed by atoms with Crippen LogP contribution in [-0.4, -0.2) is 46.3 Å². The van der Waals surface area contributed by atoms with E-state index in [1.54, 1.807) is 0 Å². The molecule has 2 bridgehead atoms. The van der Waals surface area contributed by atoms with Gasteiger partial charge >= 0.3 is 0 Å². The van der Waals surface area contributed by atoms with Gasteiger partial charge in [-0.25, -0.2) is 0 Å². The lowest BCUT2D eigenvalue weighted by Gasteiger charge is -2.31. The van der Waals surface area contributed by atoms with Crippen molar-refractivity contribution < 1.29 is 9.47 Å². The van der Waals surface area contributed by atoms with Crippen molar-refractivity contribution in [3.8, 4) is 0 Å². The third-order valence-corrected chi connectivity index (χ3v) is 4.96. The van der Waals surface area contributed by atoms with E-state index in [-0.39, 0.29) is 12.2 Å². The number of hydrogen-bond acceptors (Lipinski definition) is 5. The molecule has 2 aromatic rings. The molecule has 0 N–H and O–H groups in total. The summed E-state index contributed by atoms with van der Waals surface area (Å²) in [4.78, 5) is 11.0. The molecule has 24 heavy (non-hydrogen) atoms. The van der Waals surface area contributed by atoms with Crippen LogP contribution in [0.2, 0.25) is 0 Å². The monoisotopic (exact) mass is 325 g/mol. The van der Waals surface area contributed by atoms with Crippen LogP contribution in [0.5, 0.6) is 0 Å². The Morgan fingerprint density at radius 3 is 2.88 bits per heavy atom. The predicted molar refractivity (Wildman–Crippen MR) is 90.2 cm³/mol. The third kappa shape index (κ3) is 3.48. The number of ether oxygens (including phenoxy) is 2. The molecular formula is C19H23N3O2. The predicted octanol–water partition coefficient (Wildman–Crippen LogP) is 2.43. The van der Waals surface area contributed by atoms with Crippen LogP contribution in [0, 0.1) is 0 Å². The minimum atomic E-state index is 0.129. The molecule has 0 aromatic carbocycles. The number of rotatable bonds is 5. The molecule has 4 rings (SSSR count). The first-order chi connectivity index (χ1) is 11.9. The molecule has 5 heteroatoms. The third-order valence-electron chi connectivity index (χ3n) is 4.96. The molecule has 2 aromatic heterocycles. The molecule has 3 atom stereocenters. The average Bonchev–Trinajstić information content (AvgIpc) is 2.94. The van der Waals surface area contributed by atoms with Gasteiger partial charge in [0, 0.05) is 37.7 Å². The molecule has 0 radical (unpaired) electrons. The Morgan fingerprint density at radius 2 is 2.04 bits per heavy atom. The molecule has 0 unspecified atom stereocenters. The van der Waals surface area contributed by atoms with Gasteiger partial charge in [-0.05, 0) is 42.7 Å². The van der Waals surface area contributed by atoms with Gasteiger partial charge in [-0.15, -0.1) is 0 Å². The van der Waals surface area contributed by atoms with Crippen molar-refractivity contribution in [1.82, 2.24) is 14.9 Å². The lowest BCUT2D eigenvalue weighted by molar-refractivity contribution is -0.0614. The van der Waals surface area contributed by atoms with Crippen LogP contribution in [0.25, 0.3) is 0 Å². The first kappa shape index (κ1) is 15.7. The SMILES string of the molecule is c1ccc(CN2CCO[C@H]3CC[C@H]2[C@@H]3OCc2ccncc2)nc1. The Morgan fingerprint density at radius 1 is 1.12 bits per heavy atom. The van der Waals surface area contributed by atoms with Gasteiger partial charge in [0.1, 0.15) is 0 Å². The van der Waals surface area contributed by atoms with E-state index in [0.29, 0.717) is 12.6 Å². The lowest BCUT2D eigenvalue weighted by Crippen LogP contribution is -2.42. The summed E-state index contributed by atoms with van der Waals surface area (Å²) in [6, 6.07) is 10.5. The second-order valence-electron chi connectivity index (χ2n) is 6.48. The summed E-state index contributed by atoms with van der Waals surface area (Å²) in [6.45, 7) is 3.17. The zero-order valence-electron chi connectivity index (χ0n) is 13.8. The molecule has 0 spiro atoms. The highest BCUT2D eigenvalue weighted by Gasteiger charge is 2.43. The van der Waals surface area contributed by atoms with Crippen LogP contribution >= 0.6 is 0 Å². The van der Waals surface area contributed by atoms with Crippen molar-refractivity contribution in [2.24, 2.45) is 0 Å². The maximum Gasteiger partial charge on any atom is 0.0995 e. The van der Waals surface area contributed by atoms with Crippen molar-refractivity contribution in [1.29, 1.82) is 0 Å². The maximum absolute atomic E-state index is 6.29. The largest absolute Gasteiger partial charge is 0.374 e. The molecule has 5 nitrogen and oxygen atoms in total. The second-order valence-corrected chi connectivity index (χ2v) is 6.48. The van der Waals surface area contributed by atoms with Crippen molar-refractivity contribution in [2.75, 3.05) is 13.2 Å². The van der Waals surface area contributed by atoms with E-state index in [1.807, 2.05) is 42.9 Å². The highest BCUT2D eigenvalue weighted by atomic mass is 16.5. The normalized spacial score (nSPS) is 27.1. The van der Waals surface area contributed by atoms with E-state index in [9.17, 15) is 0 Å². The fourth-order valence-corrected chi connectivity index (χ4v) is 3.75. The van der Waals surface area contributed by atoms with Gasteiger partial charge < -0.3 is 9.47 Å². The summed E-state index contributed by atoms with van der Waals surface area (Å²) in [6.07, 6.45) is 8.02. The van der Waals surface area contributed by atoms with Crippen LogP contribution in [0.15, 0.2) is 48.9 Å². The summed E-state index contributed by atoms with van der Waals surface area (Å²) in [5.41, 5.74) is 2.26. The number of fused-ring (bicyclic) bond motifs is 2.